The van der Waals surface area contributed by atoms with Gasteiger partial charge in [-0.25, -0.2) is 0 Å². The van der Waals surface area contributed by atoms with E-state index in [1.54, 1.807) is 29.7 Å². The molecule has 0 saturated heterocycles. The Morgan fingerprint density at radius 2 is 2.06 bits per heavy atom. The van der Waals surface area contributed by atoms with Gasteiger partial charge in [0.05, 0.1) is 12.1 Å². The smallest absolute Gasteiger partial charge is 0.168 e. The molecule has 2 aromatic rings. The number of thioether (sulfide) groups is 1. The molecule has 17 heavy (non-hydrogen) atoms. The maximum atomic E-state index is 11.9. The summed E-state index contributed by atoms with van der Waals surface area (Å²) < 4.78 is 1.60. The van der Waals surface area contributed by atoms with Gasteiger partial charge in [-0.3, -0.25) is 9.48 Å². The van der Waals surface area contributed by atoms with E-state index in [1.807, 2.05) is 30.5 Å². The lowest BCUT2D eigenvalue weighted by molar-refractivity contribution is 0.0992. The summed E-state index contributed by atoms with van der Waals surface area (Å²) in [5.41, 5.74) is 1.42. The van der Waals surface area contributed by atoms with E-state index in [1.165, 1.54) is 0 Å². The number of aryl methyl sites for hydroxylation is 1. The highest BCUT2D eigenvalue weighted by atomic mass is 32.2. The summed E-state index contributed by atoms with van der Waals surface area (Å²) in [6.45, 7) is 0. The zero-order chi connectivity index (χ0) is 12.3. The van der Waals surface area contributed by atoms with Crippen molar-refractivity contribution in [2.24, 2.45) is 7.05 Å². The molecule has 2 rings (SSSR count). The Morgan fingerprint density at radius 1 is 1.35 bits per heavy atom. The Labute approximate surface area is 104 Å². The minimum atomic E-state index is 0.0677. The summed E-state index contributed by atoms with van der Waals surface area (Å²) in [6, 6.07) is 7.61. The first-order valence-corrected chi connectivity index (χ1v) is 6.44. The summed E-state index contributed by atoms with van der Waals surface area (Å²) in [7, 11) is 1.79. The predicted octanol–water partition coefficient (Wildman–Crippen LogP) is 1.96. The van der Waals surface area contributed by atoms with E-state index in [4.69, 9.17) is 0 Å². The van der Waals surface area contributed by atoms with Gasteiger partial charge in [0.25, 0.3) is 0 Å². The average Bonchev–Trinajstić information content (AvgIpc) is 2.75. The van der Waals surface area contributed by atoms with Crippen LogP contribution in [0.5, 0.6) is 0 Å². The van der Waals surface area contributed by atoms with Crippen LogP contribution in [0.25, 0.3) is 0 Å². The van der Waals surface area contributed by atoms with Crippen LogP contribution in [0.4, 0.5) is 0 Å². The van der Waals surface area contributed by atoms with E-state index < -0.39 is 0 Å². The van der Waals surface area contributed by atoms with Gasteiger partial charge >= 0.3 is 0 Å². The fourth-order valence-electron chi connectivity index (χ4n) is 1.52. The Morgan fingerprint density at radius 3 is 2.59 bits per heavy atom. The van der Waals surface area contributed by atoms with Gasteiger partial charge in [-0.05, 0) is 18.4 Å². The highest BCUT2D eigenvalue weighted by Gasteiger charge is 2.09. The van der Waals surface area contributed by atoms with Gasteiger partial charge in [-0.1, -0.05) is 17.3 Å². The topological polar surface area (TPSA) is 47.8 Å². The molecule has 0 fully saturated rings. The number of aromatic nitrogens is 3. The molecule has 1 aromatic carbocycles. The van der Waals surface area contributed by atoms with E-state index in [-0.39, 0.29) is 5.78 Å². The molecular weight excluding hydrogens is 234 g/mol. The molecule has 5 heteroatoms. The van der Waals surface area contributed by atoms with Crippen LogP contribution >= 0.6 is 11.8 Å². The second kappa shape index (κ2) is 5.14. The van der Waals surface area contributed by atoms with Crippen LogP contribution in [0.15, 0.2) is 35.4 Å². The number of carbonyl (C=O) groups excluding carboxylic acids is 1. The van der Waals surface area contributed by atoms with Crippen molar-refractivity contribution in [1.29, 1.82) is 0 Å². The molecule has 0 amide bonds. The van der Waals surface area contributed by atoms with Crippen molar-refractivity contribution in [2.45, 2.75) is 11.3 Å². The van der Waals surface area contributed by atoms with E-state index in [2.05, 4.69) is 10.3 Å². The molecule has 0 bridgehead atoms. The lowest BCUT2D eigenvalue weighted by Gasteiger charge is -2.00. The molecule has 0 saturated carbocycles. The molecule has 0 aliphatic carbocycles. The molecule has 0 unspecified atom stereocenters. The van der Waals surface area contributed by atoms with Crippen LogP contribution < -0.4 is 0 Å². The third-order valence-corrected chi connectivity index (χ3v) is 3.15. The SMILES string of the molecule is CSc1ccc(C(=O)Cc2cn(C)nn2)cc1. The number of rotatable bonds is 4. The van der Waals surface area contributed by atoms with Crippen molar-refractivity contribution < 1.29 is 4.79 Å². The second-order valence-corrected chi connectivity index (χ2v) is 4.59. The van der Waals surface area contributed by atoms with E-state index >= 15 is 0 Å². The molecule has 4 nitrogen and oxygen atoms in total. The van der Waals surface area contributed by atoms with Gasteiger partial charge in [0.15, 0.2) is 5.78 Å². The maximum absolute atomic E-state index is 11.9. The average molecular weight is 247 g/mol. The van der Waals surface area contributed by atoms with Crippen molar-refractivity contribution in [1.82, 2.24) is 15.0 Å². The molecule has 1 heterocycles. The molecule has 0 radical (unpaired) electrons. The first-order valence-electron chi connectivity index (χ1n) is 5.21. The van der Waals surface area contributed by atoms with Gasteiger partial charge in [-0.2, -0.15) is 0 Å². The monoisotopic (exact) mass is 247 g/mol. The van der Waals surface area contributed by atoms with Crippen LogP contribution in [0, 0.1) is 0 Å². The number of nitrogens with zero attached hydrogens (tertiary/aromatic N) is 3. The van der Waals surface area contributed by atoms with Gasteiger partial charge in [0, 0.05) is 23.7 Å². The predicted molar refractivity (Wildman–Crippen MR) is 67.3 cm³/mol. The third-order valence-electron chi connectivity index (χ3n) is 2.40. The number of ketones is 1. The van der Waals surface area contributed by atoms with E-state index in [0.717, 1.165) is 4.90 Å². The van der Waals surface area contributed by atoms with Crippen molar-refractivity contribution in [2.75, 3.05) is 6.26 Å². The molecule has 0 spiro atoms. The van der Waals surface area contributed by atoms with Crippen molar-refractivity contribution in [3.63, 3.8) is 0 Å². The Kier molecular flexibility index (Phi) is 3.58. The van der Waals surface area contributed by atoms with Gasteiger partial charge in [-0.15, -0.1) is 16.9 Å². The highest BCUT2D eigenvalue weighted by molar-refractivity contribution is 7.98. The quantitative estimate of drug-likeness (QED) is 0.612. The van der Waals surface area contributed by atoms with Gasteiger partial charge in [0.2, 0.25) is 0 Å². The molecule has 88 valence electrons. The second-order valence-electron chi connectivity index (χ2n) is 3.71. The standard InChI is InChI=1S/C12H13N3OS/c1-15-8-10(13-14-15)7-12(16)9-3-5-11(17-2)6-4-9/h3-6,8H,7H2,1-2H3. The lowest BCUT2D eigenvalue weighted by atomic mass is 10.1. The van der Waals surface area contributed by atoms with Crippen LogP contribution in [-0.2, 0) is 13.5 Å². The summed E-state index contributed by atoms with van der Waals surface area (Å²) in [6.07, 6.45) is 4.07. The molecule has 0 aliphatic rings. The molecule has 0 atom stereocenters. The normalized spacial score (nSPS) is 10.5. The highest BCUT2D eigenvalue weighted by Crippen LogP contribution is 2.15. The maximum Gasteiger partial charge on any atom is 0.168 e. The van der Waals surface area contributed by atoms with Crippen molar-refractivity contribution >= 4 is 17.5 Å². The Hall–Kier alpha value is -1.62. The van der Waals surface area contributed by atoms with Crippen LogP contribution in [0.1, 0.15) is 16.1 Å². The first kappa shape index (κ1) is 11.9. The van der Waals surface area contributed by atoms with Gasteiger partial charge < -0.3 is 0 Å². The number of hydrogen-bond donors (Lipinski definition) is 0. The van der Waals surface area contributed by atoms with Crippen molar-refractivity contribution in [3.05, 3.63) is 41.7 Å². The molecule has 0 aliphatic heterocycles. The van der Waals surface area contributed by atoms with Crippen LogP contribution in [0.3, 0.4) is 0 Å². The van der Waals surface area contributed by atoms with Crippen LogP contribution in [0.2, 0.25) is 0 Å². The number of benzene rings is 1. The molecule has 0 N–H and O–H groups in total. The minimum Gasteiger partial charge on any atom is -0.294 e. The van der Waals surface area contributed by atoms with Crippen molar-refractivity contribution in [3.8, 4) is 0 Å². The fraction of sp³-hybridized carbons (Fsp3) is 0.250. The molecular formula is C12H13N3OS. The Balaban J connectivity index is 2.09. The third kappa shape index (κ3) is 2.94. The number of carbonyl (C=O) groups is 1. The van der Waals surface area contributed by atoms with Crippen LogP contribution in [-0.4, -0.2) is 27.0 Å². The molecule has 1 aromatic heterocycles. The minimum absolute atomic E-state index is 0.0677. The van der Waals surface area contributed by atoms with Gasteiger partial charge in [0.1, 0.15) is 0 Å². The zero-order valence-corrected chi connectivity index (χ0v) is 10.6. The summed E-state index contributed by atoms with van der Waals surface area (Å²) in [5, 5.41) is 7.70. The first-order chi connectivity index (χ1) is 8.19. The summed E-state index contributed by atoms with van der Waals surface area (Å²) >= 11 is 1.66. The zero-order valence-electron chi connectivity index (χ0n) is 9.75. The lowest BCUT2D eigenvalue weighted by Crippen LogP contribution is -2.03. The summed E-state index contributed by atoms with van der Waals surface area (Å²) in [4.78, 5) is 13.1. The number of hydrogen-bond acceptors (Lipinski definition) is 4. The summed E-state index contributed by atoms with van der Waals surface area (Å²) in [5.74, 6) is 0.0677. The Bertz CT molecular complexity index is 519. The number of Topliss-reactive ketones (excluding diaryl/α,β-unsaturated/α-hetero) is 1. The van der Waals surface area contributed by atoms with E-state index in [9.17, 15) is 4.79 Å². The largest absolute Gasteiger partial charge is 0.294 e. The van der Waals surface area contributed by atoms with E-state index in [0.29, 0.717) is 17.7 Å². The fourth-order valence-corrected chi connectivity index (χ4v) is 1.93.